The summed E-state index contributed by atoms with van der Waals surface area (Å²) in [4.78, 5) is 5.58. The van der Waals surface area contributed by atoms with E-state index in [0.717, 1.165) is 61.9 Å². The molecule has 5 rings (SSSR count). The largest absolute Gasteiger partial charge is 0.365 e. The first kappa shape index (κ1) is 19.5. The molecule has 1 saturated heterocycles. The van der Waals surface area contributed by atoms with Gasteiger partial charge in [-0.1, -0.05) is 23.2 Å². The van der Waals surface area contributed by atoms with Gasteiger partial charge in [0.25, 0.3) is 0 Å². The van der Waals surface area contributed by atoms with Crippen molar-refractivity contribution in [2.75, 3.05) is 36.4 Å². The van der Waals surface area contributed by atoms with Crippen LogP contribution in [0.4, 0.5) is 11.5 Å². The molecule has 2 aromatic heterocycles. The lowest BCUT2D eigenvalue weighted by Gasteiger charge is -2.31. The number of halogens is 2. The second kappa shape index (κ2) is 8.37. The Morgan fingerprint density at radius 3 is 2.73 bits per heavy atom. The van der Waals surface area contributed by atoms with E-state index in [1.165, 1.54) is 0 Å². The fourth-order valence-electron chi connectivity index (χ4n) is 4.00. The Hall–Kier alpha value is -2.42. The van der Waals surface area contributed by atoms with Crippen molar-refractivity contribution in [1.29, 1.82) is 0 Å². The molecule has 30 heavy (non-hydrogen) atoms. The lowest BCUT2D eigenvalue weighted by atomic mass is 9.98. The van der Waals surface area contributed by atoms with Gasteiger partial charge in [-0.15, -0.1) is 20.4 Å². The summed E-state index contributed by atoms with van der Waals surface area (Å²) < 4.78 is 0. The Balaban J connectivity index is 1.42. The lowest BCUT2D eigenvalue weighted by Crippen LogP contribution is -2.34. The van der Waals surface area contributed by atoms with Crippen LogP contribution in [-0.4, -0.2) is 51.6 Å². The summed E-state index contributed by atoms with van der Waals surface area (Å²) in [6, 6.07) is 7.53. The molecule has 3 aromatic rings. The van der Waals surface area contributed by atoms with Crippen LogP contribution in [-0.2, 0) is 6.54 Å². The first-order valence-electron chi connectivity index (χ1n) is 10.1. The number of nitrogens with zero attached hydrogens (tertiary/aromatic N) is 5. The van der Waals surface area contributed by atoms with E-state index >= 15 is 0 Å². The van der Waals surface area contributed by atoms with Crippen LogP contribution in [0.2, 0.25) is 10.0 Å². The Labute approximate surface area is 184 Å². The molecule has 0 radical (unpaired) electrons. The molecule has 2 aliphatic heterocycles. The Morgan fingerprint density at radius 2 is 1.87 bits per heavy atom. The first-order valence-corrected chi connectivity index (χ1v) is 10.9. The lowest BCUT2D eigenvalue weighted by molar-refractivity contribution is 0.446. The Bertz CT molecular complexity index is 1050. The maximum absolute atomic E-state index is 6.39. The van der Waals surface area contributed by atoms with Gasteiger partial charge in [0.1, 0.15) is 11.5 Å². The van der Waals surface area contributed by atoms with E-state index in [9.17, 15) is 0 Å². The molecule has 1 fully saturated rings. The third-order valence-electron chi connectivity index (χ3n) is 5.63. The summed E-state index contributed by atoms with van der Waals surface area (Å²) in [6.45, 7) is 4.24. The number of aromatic amines is 1. The Kier molecular flexibility index (Phi) is 5.45. The minimum Gasteiger partial charge on any atom is -0.365 e. The van der Waals surface area contributed by atoms with Gasteiger partial charge in [0.15, 0.2) is 11.6 Å². The zero-order valence-corrected chi connectivity index (χ0v) is 17.8. The van der Waals surface area contributed by atoms with Gasteiger partial charge in [-0.2, -0.15) is 0 Å². The van der Waals surface area contributed by atoms with Crippen LogP contribution in [0.15, 0.2) is 24.3 Å². The van der Waals surface area contributed by atoms with Crippen molar-refractivity contribution < 1.29 is 0 Å². The zero-order valence-electron chi connectivity index (χ0n) is 16.3. The van der Waals surface area contributed by atoms with Crippen molar-refractivity contribution >= 4 is 34.7 Å². The summed E-state index contributed by atoms with van der Waals surface area (Å²) in [6.07, 6.45) is 2.12. The van der Waals surface area contributed by atoms with Gasteiger partial charge >= 0.3 is 0 Å². The number of aromatic nitrogens is 5. The third kappa shape index (κ3) is 3.95. The summed E-state index contributed by atoms with van der Waals surface area (Å²) in [5.41, 5.74) is 2.61. The van der Waals surface area contributed by atoms with Gasteiger partial charge in [0.05, 0.1) is 5.69 Å². The van der Waals surface area contributed by atoms with Crippen molar-refractivity contribution in [3.05, 3.63) is 45.7 Å². The molecule has 10 heteroatoms. The predicted molar refractivity (Wildman–Crippen MR) is 118 cm³/mol. The maximum Gasteiger partial charge on any atom is 0.181 e. The number of hydrogen-bond donors (Lipinski definition) is 3. The average Bonchev–Trinajstić information content (AvgIpc) is 3.27. The van der Waals surface area contributed by atoms with Crippen LogP contribution in [0.5, 0.6) is 0 Å². The average molecular weight is 445 g/mol. The van der Waals surface area contributed by atoms with Crippen LogP contribution in [0.1, 0.15) is 30.1 Å². The molecule has 0 bridgehead atoms. The second-order valence-corrected chi connectivity index (χ2v) is 8.47. The normalized spacial score (nSPS) is 16.9. The van der Waals surface area contributed by atoms with Gasteiger partial charge in [-0.3, -0.25) is 0 Å². The van der Waals surface area contributed by atoms with E-state index in [-0.39, 0.29) is 0 Å². The third-order valence-corrected chi connectivity index (χ3v) is 6.23. The molecule has 1 aromatic carbocycles. The van der Waals surface area contributed by atoms with E-state index in [0.29, 0.717) is 34.0 Å². The van der Waals surface area contributed by atoms with E-state index in [4.69, 9.17) is 23.2 Å². The topological polar surface area (TPSA) is 94.7 Å². The SMILES string of the molecule is Clc1ccc(Cl)c(CN2CCNc3nnc(-c4nnc(C5CCNCC5)[nH]4)cc32)c1. The molecule has 0 amide bonds. The molecule has 2 aliphatic rings. The number of benzene rings is 1. The highest BCUT2D eigenvalue weighted by Crippen LogP contribution is 2.32. The van der Waals surface area contributed by atoms with Crippen molar-refractivity contribution in [3.63, 3.8) is 0 Å². The zero-order chi connectivity index (χ0) is 20.5. The van der Waals surface area contributed by atoms with E-state index in [1.807, 2.05) is 18.2 Å². The molecular formula is C20H22Cl2N8. The monoisotopic (exact) mass is 444 g/mol. The molecule has 0 atom stereocenters. The van der Waals surface area contributed by atoms with E-state index in [1.54, 1.807) is 6.07 Å². The van der Waals surface area contributed by atoms with Gasteiger partial charge in [-0.25, -0.2) is 0 Å². The number of anilines is 2. The number of H-pyrrole nitrogens is 1. The first-order chi connectivity index (χ1) is 14.7. The van der Waals surface area contributed by atoms with Gasteiger partial charge < -0.3 is 20.5 Å². The fraction of sp³-hybridized carbons (Fsp3) is 0.400. The molecule has 3 N–H and O–H groups in total. The summed E-state index contributed by atoms with van der Waals surface area (Å²) >= 11 is 12.6. The van der Waals surface area contributed by atoms with Crippen molar-refractivity contribution in [2.24, 2.45) is 0 Å². The number of piperidine rings is 1. The maximum atomic E-state index is 6.39. The van der Waals surface area contributed by atoms with E-state index in [2.05, 4.69) is 40.9 Å². The molecule has 4 heterocycles. The summed E-state index contributed by atoms with van der Waals surface area (Å²) in [5.74, 6) is 2.72. The van der Waals surface area contributed by atoms with Gasteiger partial charge in [0, 0.05) is 35.6 Å². The minimum absolute atomic E-state index is 0.404. The van der Waals surface area contributed by atoms with Crippen LogP contribution in [0.25, 0.3) is 11.5 Å². The molecule has 0 saturated carbocycles. The quantitative estimate of drug-likeness (QED) is 0.566. The highest BCUT2D eigenvalue weighted by Gasteiger charge is 2.23. The number of fused-ring (bicyclic) bond motifs is 1. The molecule has 8 nitrogen and oxygen atoms in total. The molecular weight excluding hydrogens is 423 g/mol. The molecule has 0 unspecified atom stereocenters. The van der Waals surface area contributed by atoms with Crippen LogP contribution in [0, 0.1) is 0 Å². The molecule has 156 valence electrons. The minimum atomic E-state index is 0.404. The molecule has 0 aliphatic carbocycles. The summed E-state index contributed by atoms with van der Waals surface area (Å²) in [7, 11) is 0. The van der Waals surface area contributed by atoms with Crippen LogP contribution >= 0.6 is 23.2 Å². The number of hydrogen-bond acceptors (Lipinski definition) is 7. The highest BCUT2D eigenvalue weighted by molar-refractivity contribution is 6.33. The van der Waals surface area contributed by atoms with Crippen molar-refractivity contribution in [1.82, 2.24) is 30.7 Å². The highest BCUT2D eigenvalue weighted by atomic mass is 35.5. The standard InChI is InChI=1S/C20H22Cl2N8/c21-14-1-2-15(22)13(9-14)11-30-8-7-24-20-17(30)10-16(26-29-20)19-25-18(27-28-19)12-3-5-23-6-4-12/h1-2,9-10,12,23H,3-8,11H2,(H,24,29)(H,25,27,28). The van der Waals surface area contributed by atoms with Crippen molar-refractivity contribution in [3.8, 4) is 11.5 Å². The predicted octanol–water partition coefficient (Wildman–Crippen LogP) is 3.47. The Morgan fingerprint density at radius 1 is 1.00 bits per heavy atom. The number of rotatable bonds is 4. The van der Waals surface area contributed by atoms with Crippen LogP contribution < -0.4 is 15.5 Å². The van der Waals surface area contributed by atoms with Gasteiger partial charge in [0.2, 0.25) is 0 Å². The van der Waals surface area contributed by atoms with Gasteiger partial charge in [-0.05, 0) is 55.8 Å². The van der Waals surface area contributed by atoms with Crippen molar-refractivity contribution in [2.45, 2.75) is 25.3 Å². The second-order valence-electron chi connectivity index (χ2n) is 7.63. The fourth-order valence-corrected chi connectivity index (χ4v) is 4.37. The van der Waals surface area contributed by atoms with Crippen LogP contribution in [0.3, 0.4) is 0 Å². The smallest absolute Gasteiger partial charge is 0.181 e. The number of nitrogens with one attached hydrogen (secondary N) is 3. The summed E-state index contributed by atoms with van der Waals surface area (Å²) in [5, 5.41) is 25.5. The molecule has 0 spiro atoms. The van der Waals surface area contributed by atoms with E-state index < -0.39 is 0 Å².